The summed E-state index contributed by atoms with van der Waals surface area (Å²) in [7, 11) is 0. The van der Waals surface area contributed by atoms with E-state index in [4.69, 9.17) is 10.7 Å². The molecule has 23 nitrogen and oxygen atoms in total. The number of unbranched alkanes of at least 4 members (excludes halogenated alkanes) is 1. The van der Waals surface area contributed by atoms with Crippen LogP contribution in [-0.2, 0) is 51.3 Å². The number of carboxylic acids is 4. The van der Waals surface area contributed by atoms with Gasteiger partial charge in [-0.3, -0.25) is 67.8 Å². The Balaban J connectivity index is 1.09. The standard InChI is InChI=1S/C57H84N10O13S/c58-48(60-44-16-9-4-2-1-3-5-10-17-44)19-13-33-81-47-35-50(69)67(56(47)78)24-12-11-18-45(57(79)80)61-49(68)36-59-55(77)46(34-41-14-7-6-8-15-41)62-54(76)43-22-20-42(21-23-43)37-63-25-27-64(38-51(70)71)29-31-66(40-53(74)75)32-30-65(28-26-63)39-52(72)73/h6-8,14-15,20-23,44-47H,1-5,9-13,16-19,24-40H2,(H2,58,60)(H,59,77)(H,61,68)(H,62,76)(H,70,71)(H,72,73)(H,74,75)(H,79,80). The van der Waals surface area contributed by atoms with Crippen molar-refractivity contribution in [3.05, 3.63) is 71.3 Å². The van der Waals surface area contributed by atoms with Gasteiger partial charge < -0.3 is 42.1 Å². The number of rotatable bonds is 28. The zero-order valence-electron chi connectivity index (χ0n) is 46.6. The molecule has 446 valence electrons. The number of carbonyl (C=O) groups excluding carboxylic acids is 5. The van der Waals surface area contributed by atoms with Crippen LogP contribution in [0.2, 0.25) is 0 Å². The molecular weight excluding hydrogens is 1060 g/mol. The number of amides is 5. The Labute approximate surface area is 478 Å². The van der Waals surface area contributed by atoms with E-state index in [1.807, 2.05) is 0 Å². The van der Waals surface area contributed by atoms with E-state index in [0.29, 0.717) is 57.2 Å². The van der Waals surface area contributed by atoms with Crippen LogP contribution >= 0.6 is 11.8 Å². The smallest absolute Gasteiger partial charge is 0.326 e. The van der Waals surface area contributed by atoms with E-state index < -0.39 is 65.5 Å². The van der Waals surface area contributed by atoms with Crippen LogP contribution in [0, 0.1) is 0 Å². The third-order valence-electron chi connectivity index (χ3n) is 14.7. The van der Waals surface area contributed by atoms with Gasteiger partial charge in [0.25, 0.3) is 5.91 Å². The second kappa shape index (κ2) is 35.4. The summed E-state index contributed by atoms with van der Waals surface area (Å²) in [6.45, 7) is 1.71. The summed E-state index contributed by atoms with van der Waals surface area (Å²) in [5, 5.41) is 45.9. The number of carboxylic acid groups (broad SMARTS) is 4. The Morgan fingerprint density at radius 2 is 1.19 bits per heavy atom. The lowest BCUT2D eigenvalue weighted by Gasteiger charge is -2.33. The second-order valence-corrected chi connectivity index (χ2v) is 22.6. The highest BCUT2D eigenvalue weighted by Crippen LogP contribution is 2.27. The van der Waals surface area contributed by atoms with Crippen LogP contribution in [0.25, 0.3) is 0 Å². The predicted molar refractivity (Wildman–Crippen MR) is 306 cm³/mol. The summed E-state index contributed by atoms with van der Waals surface area (Å²) in [6.07, 6.45) is 13.0. The SMILES string of the molecule is NC(CCCSC1CC(=O)N(CCCCC(NC(=O)CNC(=O)C(Cc2ccccc2)NC(=O)c2ccc(CN3CCN(CC(=O)O)CCN(CC(=O)O)CCN(CC(=O)O)CC3)cc2)C(=O)O)C1=O)=NC1CCCCCCCCC1. The van der Waals surface area contributed by atoms with Gasteiger partial charge in [-0.25, -0.2) is 4.79 Å². The fraction of sp³-hybridized carbons (Fsp3) is 0.614. The Bertz CT molecular complexity index is 2380. The van der Waals surface area contributed by atoms with Gasteiger partial charge in [0, 0.05) is 90.3 Å². The van der Waals surface area contributed by atoms with Gasteiger partial charge in [-0.05, 0) is 67.5 Å². The first kappa shape index (κ1) is 65.3. The molecule has 0 aromatic heterocycles. The summed E-state index contributed by atoms with van der Waals surface area (Å²) in [6, 6.07) is 13.4. The van der Waals surface area contributed by atoms with Crippen LogP contribution in [0.4, 0.5) is 0 Å². The average molecular weight is 1150 g/mol. The molecule has 81 heavy (non-hydrogen) atoms. The normalized spacial score (nSPS) is 19.1. The number of carbonyl (C=O) groups is 9. The number of aliphatic carboxylic acids is 4. The molecule has 2 heterocycles. The molecule has 0 radical (unpaired) electrons. The molecular formula is C57H84N10O13S. The second-order valence-electron chi connectivity index (χ2n) is 21.2. The molecule has 2 aromatic rings. The lowest BCUT2D eigenvalue weighted by atomic mass is 9.98. The maximum atomic E-state index is 13.7. The summed E-state index contributed by atoms with van der Waals surface area (Å²) in [4.78, 5) is 127. The van der Waals surface area contributed by atoms with Crippen LogP contribution in [0.15, 0.2) is 59.6 Å². The topological polar surface area (TPSA) is 325 Å². The van der Waals surface area contributed by atoms with Crippen LogP contribution in [0.3, 0.4) is 0 Å². The maximum absolute atomic E-state index is 13.7. The molecule has 2 saturated heterocycles. The first-order chi connectivity index (χ1) is 38.9. The summed E-state index contributed by atoms with van der Waals surface area (Å²) < 4.78 is 0. The Morgan fingerprint density at radius 1 is 0.642 bits per heavy atom. The van der Waals surface area contributed by atoms with Crippen molar-refractivity contribution in [1.29, 1.82) is 0 Å². The van der Waals surface area contributed by atoms with Gasteiger partial charge in [0.1, 0.15) is 12.1 Å². The van der Waals surface area contributed by atoms with Crippen molar-refractivity contribution in [2.75, 3.05) is 90.8 Å². The molecule has 3 fully saturated rings. The molecule has 24 heteroatoms. The molecule has 3 atom stereocenters. The van der Waals surface area contributed by atoms with Gasteiger partial charge in [0.05, 0.1) is 43.3 Å². The molecule has 2 aliphatic heterocycles. The lowest BCUT2D eigenvalue weighted by Crippen LogP contribution is -2.51. The van der Waals surface area contributed by atoms with E-state index in [0.717, 1.165) is 30.4 Å². The molecule has 9 N–H and O–H groups in total. The van der Waals surface area contributed by atoms with E-state index in [1.54, 1.807) is 69.3 Å². The number of likely N-dealkylation sites (tertiary alicyclic amines) is 1. The Hall–Kier alpha value is -6.47. The Kier molecular flexibility index (Phi) is 28.6. The molecule has 0 bridgehead atoms. The molecule has 0 spiro atoms. The van der Waals surface area contributed by atoms with Crippen molar-refractivity contribution in [3.63, 3.8) is 0 Å². The van der Waals surface area contributed by atoms with Crippen LogP contribution in [0.1, 0.15) is 118 Å². The monoisotopic (exact) mass is 1150 g/mol. The van der Waals surface area contributed by atoms with Crippen LogP contribution in [0.5, 0.6) is 0 Å². The number of nitrogens with one attached hydrogen (secondary N) is 3. The van der Waals surface area contributed by atoms with Crippen LogP contribution in [-0.4, -0.2) is 218 Å². The zero-order chi connectivity index (χ0) is 58.5. The third kappa shape index (κ3) is 25.1. The van der Waals surface area contributed by atoms with Crippen molar-refractivity contribution in [3.8, 4) is 0 Å². The van der Waals surface area contributed by atoms with Gasteiger partial charge >= 0.3 is 23.9 Å². The molecule has 5 rings (SSSR count). The third-order valence-corrected chi connectivity index (χ3v) is 16.0. The van der Waals surface area contributed by atoms with Crippen LogP contribution < -0.4 is 21.7 Å². The number of nitrogens with zero attached hydrogens (tertiary/aromatic N) is 6. The molecule has 3 aliphatic rings. The van der Waals surface area contributed by atoms with Crippen molar-refractivity contribution >= 4 is 71.0 Å². The number of aliphatic imine (C=N–C) groups is 1. The highest BCUT2D eigenvalue weighted by molar-refractivity contribution is 8.00. The highest BCUT2D eigenvalue weighted by atomic mass is 32.2. The van der Waals surface area contributed by atoms with Gasteiger partial charge in [0.15, 0.2) is 0 Å². The number of amidine groups is 1. The Morgan fingerprint density at radius 3 is 1.73 bits per heavy atom. The van der Waals surface area contributed by atoms with Crippen molar-refractivity contribution in [2.45, 2.75) is 133 Å². The minimum Gasteiger partial charge on any atom is -0.480 e. The number of hydrogen-bond donors (Lipinski definition) is 8. The minimum atomic E-state index is -1.31. The van der Waals surface area contributed by atoms with Gasteiger partial charge in [-0.1, -0.05) is 87.4 Å². The molecule has 5 amide bonds. The highest BCUT2D eigenvalue weighted by Gasteiger charge is 2.38. The quantitative estimate of drug-likeness (QED) is 0.0263. The zero-order valence-corrected chi connectivity index (χ0v) is 47.4. The summed E-state index contributed by atoms with van der Waals surface area (Å²) >= 11 is 1.44. The van der Waals surface area contributed by atoms with Crippen molar-refractivity contribution in [1.82, 2.24) is 40.4 Å². The first-order valence-electron chi connectivity index (χ1n) is 28.5. The number of nitrogens with two attached hydrogens (primary N) is 1. The van der Waals surface area contributed by atoms with Gasteiger partial charge in [-0.15, -0.1) is 11.8 Å². The summed E-state index contributed by atoms with van der Waals surface area (Å²) in [5.74, 6) is -5.68. The average Bonchev–Trinajstić information content (AvgIpc) is 3.69. The largest absolute Gasteiger partial charge is 0.480 e. The maximum Gasteiger partial charge on any atom is 0.326 e. The summed E-state index contributed by atoms with van der Waals surface area (Å²) in [5.41, 5.74) is 8.06. The van der Waals surface area contributed by atoms with E-state index >= 15 is 0 Å². The van der Waals surface area contributed by atoms with Gasteiger partial charge in [0.2, 0.25) is 23.6 Å². The number of hydrogen-bond acceptors (Lipinski definition) is 15. The fourth-order valence-electron chi connectivity index (χ4n) is 10.2. The lowest BCUT2D eigenvalue weighted by molar-refractivity contribution is -0.142. The number of benzene rings is 2. The van der Waals surface area contributed by atoms with Gasteiger partial charge in [-0.2, -0.15) is 0 Å². The molecule has 1 saturated carbocycles. The predicted octanol–water partition coefficient (Wildman–Crippen LogP) is 2.75. The molecule has 1 aliphatic carbocycles. The first-order valence-corrected chi connectivity index (χ1v) is 29.5. The van der Waals surface area contributed by atoms with E-state index in [-0.39, 0.29) is 101 Å². The van der Waals surface area contributed by atoms with E-state index in [1.165, 1.54) is 61.6 Å². The number of thioether (sulfide) groups is 1. The molecule has 3 unspecified atom stereocenters. The fourth-order valence-corrected chi connectivity index (χ4v) is 11.4. The minimum absolute atomic E-state index is 0.00406. The van der Waals surface area contributed by atoms with Crippen molar-refractivity contribution < 1.29 is 63.6 Å². The number of imide groups is 1. The molecule has 2 aromatic carbocycles. The van der Waals surface area contributed by atoms with Crippen molar-refractivity contribution in [2.24, 2.45) is 10.7 Å². The van der Waals surface area contributed by atoms with E-state index in [9.17, 15) is 63.6 Å². The van der Waals surface area contributed by atoms with E-state index in [2.05, 4.69) is 20.9 Å².